The van der Waals surface area contributed by atoms with Gasteiger partial charge >= 0.3 is 0 Å². The zero-order chi connectivity index (χ0) is 27.5. The fourth-order valence-corrected chi connectivity index (χ4v) is 4.06. The molecule has 11 nitrogen and oxygen atoms in total. The number of nitrogens with one attached hydrogen (secondary N) is 2. The lowest BCUT2D eigenvalue weighted by Crippen LogP contribution is -2.44. The number of benzene rings is 1. The Bertz CT molecular complexity index is 1100. The van der Waals surface area contributed by atoms with E-state index in [1.807, 2.05) is 24.3 Å². The molecule has 1 aliphatic heterocycles. The number of anilines is 2. The molecular formula is C27H37N5O6. The number of rotatable bonds is 8. The average molecular weight is 528 g/mol. The molecule has 0 saturated heterocycles. The number of pyridine rings is 1. The van der Waals surface area contributed by atoms with Crippen LogP contribution in [0, 0.1) is 0 Å². The molecule has 1 aromatic heterocycles. The van der Waals surface area contributed by atoms with Crippen molar-refractivity contribution in [2.45, 2.75) is 45.2 Å². The molecule has 11 heteroatoms. The number of aliphatic hydroxyl groups is 2. The Morgan fingerprint density at radius 2 is 1.68 bits per heavy atom. The molecule has 38 heavy (non-hydrogen) atoms. The quantitative estimate of drug-likeness (QED) is 0.401. The third-order valence-corrected chi connectivity index (χ3v) is 6.05. The van der Waals surface area contributed by atoms with Gasteiger partial charge < -0.3 is 35.4 Å². The second-order valence-electron chi connectivity index (χ2n) is 9.42. The summed E-state index contributed by atoms with van der Waals surface area (Å²) in [6.07, 6.45) is 5.20. The fourth-order valence-electron chi connectivity index (χ4n) is 4.06. The van der Waals surface area contributed by atoms with Crippen molar-refractivity contribution in [3.05, 3.63) is 48.3 Å². The Hall–Kier alpha value is -3.70. The Balaban J connectivity index is 1.98. The van der Waals surface area contributed by atoms with E-state index in [1.54, 1.807) is 31.0 Å². The Morgan fingerprint density at radius 3 is 2.39 bits per heavy atom. The molecular weight excluding hydrogens is 490 g/mol. The molecule has 0 radical (unpaired) electrons. The minimum atomic E-state index is -0.423. The van der Waals surface area contributed by atoms with Gasteiger partial charge in [-0.25, -0.2) is 0 Å². The highest BCUT2D eigenvalue weighted by Gasteiger charge is 2.24. The SMILES string of the molecule is C[C@@H](CO)NC(=O)CN1CCCCCOc2ccccc2N(CC(=O)N[C@@H](C)CO)c2cncc(c2)C1=O. The Morgan fingerprint density at radius 1 is 1.00 bits per heavy atom. The van der Waals surface area contributed by atoms with Crippen LogP contribution in [0.2, 0.25) is 0 Å². The van der Waals surface area contributed by atoms with Gasteiger partial charge in [0, 0.05) is 24.8 Å². The Labute approximate surface area is 222 Å². The summed E-state index contributed by atoms with van der Waals surface area (Å²) in [6, 6.07) is 8.15. The van der Waals surface area contributed by atoms with Crippen LogP contribution in [0.25, 0.3) is 0 Å². The van der Waals surface area contributed by atoms with Gasteiger partial charge in [0.25, 0.3) is 5.91 Å². The average Bonchev–Trinajstić information content (AvgIpc) is 2.92. The fraction of sp³-hybridized carbons (Fsp3) is 0.481. The molecule has 2 atom stereocenters. The number of aliphatic hydroxyl groups excluding tert-OH is 2. The van der Waals surface area contributed by atoms with E-state index in [1.165, 1.54) is 11.1 Å². The van der Waals surface area contributed by atoms with E-state index in [0.717, 1.165) is 12.8 Å². The van der Waals surface area contributed by atoms with Crippen molar-refractivity contribution in [2.75, 3.05) is 44.4 Å². The first kappa shape index (κ1) is 28.9. The van der Waals surface area contributed by atoms with Crippen molar-refractivity contribution >= 4 is 29.1 Å². The van der Waals surface area contributed by atoms with E-state index in [0.29, 0.717) is 36.7 Å². The maximum atomic E-state index is 13.5. The Kier molecular flexibility index (Phi) is 10.9. The number of para-hydroxylation sites is 2. The number of ether oxygens (including phenoxy) is 1. The number of carbonyl (C=O) groups excluding carboxylic acids is 3. The van der Waals surface area contributed by atoms with Crippen molar-refractivity contribution in [3.63, 3.8) is 0 Å². The van der Waals surface area contributed by atoms with Gasteiger partial charge in [-0.2, -0.15) is 0 Å². The van der Waals surface area contributed by atoms with Gasteiger partial charge in [-0.15, -0.1) is 0 Å². The molecule has 0 saturated carbocycles. The molecule has 3 amide bonds. The first-order chi connectivity index (χ1) is 18.3. The van der Waals surface area contributed by atoms with Gasteiger partial charge in [0.1, 0.15) is 12.3 Å². The van der Waals surface area contributed by atoms with Crippen LogP contribution in [-0.4, -0.2) is 89.4 Å². The summed E-state index contributed by atoms with van der Waals surface area (Å²) in [5, 5.41) is 24.0. The van der Waals surface area contributed by atoms with Crippen LogP contribution in [0.4, 0.5) is 11.4 Å². The lowest BCUT2D eigenvalue weighted by molar-refractivity contribution is -0.123. The lowest BCUT2D eigenvalue weighted by atomic mass is 10.1. The lowest BCUT2D eigenvalue weighted by Gasteiger charge is -2.28. The van der Waals surface area contributed by atoms with Gasteiger partial charge in [-0.05, 0) is 51.3 Å². The summed E-state index contributed by atoms with van der Waals surface area (Å²) in [5.41, 5.74) is 1.40. The predicted octanol–water partition coefficient (Wildman–Crippen LogP) is 1.22. The minimum absolute atomic E-state index is 0.102. The highest BCUT2D eigenvalue weighted by molar-refractivity contribution is 5.97. The van der Waals surface area contributed by atoms with Crippen molar-refractivity contribution in [1.29, 1.82) is 0 Å². The number of nitrogens with zero attached hydrogens (tertiary/aromatic N) is 3. The molecule has 3 rings (SSSR count). The number of hydrogen-bond donors (Lipinski definition) is 4. The zero-order valence-electron chi connectivity index (χ0n) is 21.9. The molecule has 206 valence electrons. The van der Waals surface area contributed by atoms with Gasteiger partial charge in [0.2, 0.25) is 11.8 Å². The standard InChI is InChI=1S/C27H37N5O6/c1-19(17-33)29-25(35)15-31-10-6-3-7-11-38-24-9-5-4-8-23(24)32(16-26(36)30-20(2)18-34)22-12-21(27(31)37)13-28-14-22/h4-5,8-9,12-14,19-20,33-34H,3,6-7,10-11,15-18H2,1-2H3,(H,29,35)(H,30,36)/t19-,20-/m0/s1. The van der Waals surface area contributed by atoms with E-state index in [4.69, 9.17) is 4.74 Å². The summed E-state index contributed by atoms with van der Waals surface area (Å²) in [6.45, 7) is 3.54. The molecule has 1 aromatic carbocycles. The van der Waals surface area contributed by atoms with Crippen LogP contribution in [0.1, 0.15) is 43.5 Å². The van der Waals surface area contributed by atoms with Gasteiger partial charge in [0.05, 0.1) is 49.5 Å². The van der Waals surface area contributed by atoms with Crippen LogP contribution < -0.4 is 20.3 Å². The maximum Gasteiger partial charge on any atom is 0.255 e. The molecule has 4 N–H and O–H groups in total. The van der Waals surface area contributed by atoms with Crippen LogP contribution in [0.3, 0.4) is 0 Å². The normalized spacial score (nSPS) is 15.9. The molecule has 0 unspecified atom stereocenters. The van der Waals surface area contributed by atoms with Crippen molar-refractivity contribution in [3.8, 4) is 5.75 Å². The van der Waals surface area contributed by atoms with E-state index in [-0.39, 0.29) is 49.6 Å². The predicted molar refractivity (Wildman–Crippen MR) is 142 cm³/mol. The summed E-state index contributed by atoms with van der Waals surface area (Å²) in [5.74, 6) is -0.444. The van der Waals surface area contributed by atoms with Gasteiger partial charge in [-0.3, -0.25) is 19.4 Å². The van der Waals surface area contributed by atoms with E-state index in [9.17, 15) is 24.6 Å². The van der Waals surface area contributed by atoms with E-state index >= 15 is 0 Å². The van der Waals surface area contributed by atoms with Gasteiger partial charge in [0.15, 0.2) is 0 Å². The van der Waals surface area contributed by atoms with Crippen LogP contribution in [-0.2, 0) is 9.59 Å². The smallest absolute Gasteiger partial charge is 0.255 e. The van der Waals surface area contributed by atoms with Gasteiger partial charge in [-0.1, -0.05) is 12.1 Å². The molecule has 0 fully saturated rings. The second kappa shape index (κ2) is 14.3. The summed E-state index contributed by atoms with van der Waals surface area (Å²) >= 11 is 0. The first-order valence-corrected chi connectivity index (χ1v) is 12.9. The second-order valence-corrected chi connectivity index (χ2v) is 9.42. The summed E-state index contributed by atoms with van der Waals surface area (Å²) < 4.78 is 6.08. The minimum Gasteiger partial charge on any atom is -0.491 e. The topological polar surface area (TPSA) is 144 Å². The highest BCUT2D eigenvalue weighted by Crippen LogP contribution is 2.34. The third kappa shape index (κ3) is 8.15. The number of fused-ring (bicyclic) bond motifs is 3. The number of carbonyl (C=O) groups is 3. The molecule has 1 aliphatic rings. The molecule has 0 spiro atoms. The first-order valence-electron chi connectivity index (χ1n) is 12.9. The number of amides is 3. The summed E-state index contributed by atoms with van der Waals surface area (Å²) in [7, 11) is 0. The van der Waals surface area contributed by atoms with Crippen LogP contribution >= 0.6 is 0 Å². The molecule has 2 bridgehead atoms. The number of hydrogen-bond acceptors (Lipinski definition) is 8. The van der Waals surface area contributed by atoms with Crippen LogP contribution in [0.5, 0.6) is 5.75 Å². The molecule has 2 heterocycles. The zero-order valence-corrected chi connectivity index (χ0v) is 21.9. The van der Waals surface area contributed by atoms with Crippen molar-refractivity contribution < 1.29 is 29.3 Å². The monoisotopic (exact) mass is 527 g/mol. The third-order valence-electron chi connectivity index (χ3n) is 6.05. The van der Waals surface area contributed by atoms with E-state index < -0.39 is 12.1 Å². The van der Waals surface area contributed by atoms with Crippen molar-refractivity contribution in [2.24, 2.45) is 0 Å². The largest absolute Gasteiger partial charge is 0.491 e. The van der Waals surface area contributed by atoms with Crippen LogP contribution in [0.15, 0.2) is 42.7 Å². The van der Waals surface area contributed by atoms with E-state index in [2.05, 4.69) is 15.6 Å². The highest BCUT2D eigenvalue weighted by atomic mass is 16.5. The maximum absolute atomic E-state index is 13.5. The van der Waals surface area contributed by atoms with Crippen molar-refractivity contribution in [1.82, 2.24) is 20.5 Å². The summed E-state index contributed by atoms with van der Waals surface area (Å²) in [4.78, 5) is 46.4. The molecule has 2 aromatic rings. The number of aromatic nitrogens is 1. The molecule has 0 aliphatic carbocycles.